The molecule has 0 saturated carbocycles. The molecule has 3 heteroatoms. The highest BCUT2D eigenvalue weighted by molar-refractivity contribution is 6.31. The van der Waals surface area contributed by atoms with E-state index in [0.717, 1.165) is 22.0 Å². The molecule has 0 unspecified atom stereocenters. The van der Waals surface area contributed by atoms with Crippen molar-refractivity contribution in [2.45, 2.75) is 6.92 Å². The highest BCUT2D eigenvalue weighted by Crippen LogP contribution is 2.23. The van der Waals surface area contributed by atoms with Gasteiger partial charge in [-0.1, -0.05) is 54.1 Å². The van der Waals surface area contributed by atoms with E-state index >= 15 is 0 Å². The topological polar surface area (TPSA) is 29.1 Å². The Morgan fingerprint density at radius 1 is 1.00 bits per heavy atom. The van der Waals surface area contributed by atoms with Crippen molar-refractivity contribution < 1.29 is 4.79 Å². The molecule has 0 fully saturated rings. The summed E-state index contributed by atoms with van der Waals surface area (Å²) in [5.74, 6) is -0.128. The van der Waals surface area contributed by atoms with Crippen molar-refractivity contribution in [3.05, 3.63) is 76.8 Å². The number of benzene rings is 3. The van der Waals surface area contributed by atoms with Gasteiger partial charge in [-0.2, -0.15) is 0 Å². The molecule has 1 amide bonds. The number of fused-ring (bicyclic) bond motifs is 1. The molecule has 104 valence electrons. The third-order valence-electron chi connectivity index (χ3n) is 3.48. The molecule has 0 bridgehead atoms. The van der Waals surface area contributed by atoms with Crippen LogP contribution in [0, 0.1) is 6.92 Å². The van der Waals surface area contributed by atoms with Crippen molar-refractivity contribution in [2.75, 3.05) is 5.32 Å². The van der Waals surface area contributed by atoms with Crippen LogP contribution in [0.1, 0.15) is 15.9 Å². The van der Waals surface area contributed by atoms with Gasteiger partial charge in [0.15, 0.2) is 0 Å². The van der Waals surface area contributed by atoms with E-state index in [1.165, 1.54) is 0 Å². The van der Waals surface area contributed by atoms with E-state index < -0.39 is 0 Å². The Morgan fingerprint density at radius 2 is 1.76 bits per heavy atom. The van der Waals surface area contributed by atoms with Crippen LogP contribution in [0.5, 0.6) is 0 Å². The lowest BCUT2D eigenvalue weighted by molar-refractivity contribution is 0.102. The van der Waals surface area contributed by atoms with Crippen LogP contribution in [-0.2, 0) is 0 Å². The molecule has 0 aliphatic carbocycles. The first-order valence-electron chi connectivity index (χ1n) is 6.70. The van der Waals surface area contributed by atoms with Gasteiger partial charge in [0.2, 0.25) is 0 Å². The maximum Gasteiger partial charge on any atom is 0.256 e. The molecule has 0 heterocycles. The summed E-state index contributed by atoms with van der Waals surface area (Å²) in [6.45, 7) is 1.94. The summed E-state index contributed by atoms with van der Waals surface area (Å²) in [4.78, 5) is 12.5. The number of rotatable bonds is 2. The Bertz CT molecular complexity index is 821. The first-order chi connectivity index (χ1) is 10.1. The minimum Gasteiger partial charge on any atom is -0.322 e. The van der Waals surface area contributed by atoms with E-state index in [2.05, 4.69) is 5.32 Å². The Balaban J connectivity index is 1.99. The third-order valence-corrected chi connectivity index (χ3v) is 3.72. The fourth-order valence-corrected chi connectivity index (χ4v) is 2.51. The maximum absolute atomic E-state index is 12.5. The van der Waals surface area contributed by atoms with Crippen LogP contribution >= 0.6 is 11.6 Å². The van der Waals surface area contributed by atoms with Crippen LogP contribution < -0.4 is 5.32 Å². The largest absolute Gasteiger partial charge is 0.322 e. The van der Waals surface area contributed by atoms with Crippen LogP contribution in [0.25, 0.3) is 10.8 Å². The molecule has 1 N–H and O–H groups in total. The van der Waals surface area contributed by atoms with Crippen LogP contribution in [0.4, 0.5) is 5.69 Å². The Morgan fingerprint density at radius 3 is 2.62 bits per heavy atom. The second kappa shape index (κ2) is 5.58. The first kappa shape index (κ1) is 13.7. The number of nitrogens with one attached hydrogen (secondary N) is 1. The SMILES string of the molecule is Cc1ccc(Cl)cc1NC(=O)c1cccc2ccccc12. The molecular formula is C18H14ClNO. The molecule has 3 rings (SSSR count). The van der Waals surface area contributed by atoms with Crippen LogP contribution in [0.15, 0.2) is 60.7 Å². The minimum atomic E-state index is -0.128. The van der Waals surface area contributed by atoms with Crippen LogP contribution in [0.2, 0.25) is 5.02 Å². The predicted octanol–water partition coefficient (Wildman–Crippen LogP) is 5.05. The molecule has 0 spiro atoms. The molecule has 0 aliphatic rings. The maximum atomic E-state index is 12.5. The zero-order valence-corrected chi connectivity index (χ0v) is 12.3. The Labute approximate surface area is 128 Å². The zero-order chi connectivity index (χ0) is 14.8. The van der Waals surface area contributed by atoms with Crippen molar-refractivity contribution in [1.82, 2.24) is 0 Å². The van der Waals surface area contributed by atoms with Crippen molar-refractivity contribution in [3.8, 4) is 0 Å². The molecule has 21 heavy (non-hydrogen) atoms. The summed E-state index contributed by atoms with van der Waals surface area (Å²) in [6.07, 6.45) is 0. The zero-order valence-electron chi connectivity index (χ0n) is 11.6. The number of carbonyl (C=O) groups excluding carboxylic acids is 1. The van der Waals surface area contributed by atoms with E-state index in [4.69, 9.17) is 11.6 Å². The highest BCUT2D eigenvalue weighted by atomic mass is 35.5. The van der Waals surface area contributed by atoms with Crippen molar-refractivity contribution >= 4 is 34.0 Å². The van der Waals surface area contributed by atoms with E-state index in [1.54, 1.807) is 6.07 Å². The van der Waals surface area contributed by atoms with E-state index in [1.807, 2.05) is 61.5 Å². The average molecular weight is 296 g/mol. The highest BCUT2D eigenvalue weighted by Gasteiger charge is 2.11. The first-order valence-corrected chi connectivity index (χ1v) is 7.08. The third kappa shape index (κ3) is 2.76. The number of carbonyl (C=O) groups is 1. The summed E-state index contributed by atoms with van der Waals surface area (Å²) in [5.41, 5.74) is 2.38. The van der Waals surface area contributed by atoms with Gasteiger partial charge in [-0.15, -0.1) is 0 Å². The molecule has 0 aliphatic heterocycles. The monoisotopic (exact) mass is 295 g/mol. The van der Waals surface area contributed by atoms with Crippen LogP contribution in [-0.4, -0.2) is 5.91 Å². The summed E-state index contributed by atoms with van der Waals surface area (Å²) >= 11 is 5.99. The summed E-state index contributed by atoms with van der Waals surface area (Å²) in [6, 6.07) is 19.0. The normalized spacial score (nSPS) is 10.6. The number of anilines is 1. The van der Waals surface area contributed by atoms with Gasteiger partial charge in [0.25, 0.3) is 5.91 Å². The lowest BCUT2D eigenvalue weighted by Gasteiger charge is -2.10. The number of aryl methyl sites for hydroxylation is 1. The molecule has 2 nitrogen and oxygen atoms in total. The van der Waals surface area contributed by atoms with E-state index in [-0.39, 0.29) is 5.91 Å². The van der Waals surface area contributed by atoms with Crippen molar-refractivity contribution in [1.29, 1.82) is 0 Å². The van der Waals surface area contributed by atoms with Crippen molar-refractivity contribution in [3.63, 3.8) is 0 Å². The van der Waals surface area contributed by atoms with Gasteiger partial charge in [0.1, 0.15) is 0 Å². The molecular weight excluding hydrogens is 282 g/mol. The van der Waals surface area contributed by atoms with Gasteiger partial charge < -0.3 is 5.32 Å². The minimum absolute atomic E-state index is 0.128. The van der Waals surface area contributed by atoms with Crippen molar-refractivity contribution in [2.24, 2.45) is 0 Å². The lowest BCUT2D eigenvalue weighted by atomic mass is 10.0. The van der Waals surface area contributed by atoms with Crippen LogP contribution in [0.3, 0.4) is 0 Å². The number of amides is 1. The van der Waals surface area contributed by atoms with Gasteiger partial charge in [-0.3, -0.25) is 4.79 Å². The predicted molar refractivity (Wildman–Crippen MR) is 88.1 cm³/mol. The van der Waals surface area contributed by atoms with E-state index in [0.29, 0.717) is 10.6 Å². The fraction of sp³-hybridized carbons (Fsp3) is 0.0556. The van der Waals surface area contributed by atoms with Gasteiger partial charge in [-0.05, 0) is 41.5 Å². The molecule has 0 aromatic heterocycles. The van der Waals surface area contributed by atoms with Gasteiger partial charge in [-0.25, -0.2) is 0 Å². The smallest absolute Gasteiger partial charge is 0.256 e. The summed E-state index contributed by atoms with van der Waals surface area (Å²) in [7, 11) is 0. The number of halogens is 1. The quantitative estimate of drug-likeness (QED) is 0.704. The Kier molecular flexibility index (Phi) is 3.63. The second-order valence-corrected chi connectivity index (χ2v) is 5.38. The van der Waals surface area contributed by atoms with Gasteiger partial charge in [0, 0.05) is 16.3 Å². The lowest BCUT2D eigenvalue weighted by Crippen LogP contribution is -2.13. The molecule has 3 aromatic rings. The standard InChI is InChI=1S/C18H14ClNO/c1-12-9-10-14(19)11-17(12)20-18(21)16-8-4-6-13-5-2-3-7-15(13)16/h2-11H,1H3,(H,20,21). The Hall–Kier alpha value is -2.32. The van der Waals surface area contributed by atoms with Gasteiger partial charge >= 0.3 is 0 Å². The molecule has 0 radical (unpaired) electrons. The summed E-state index contributed by atoms with van der Waals surface area (Å²) < 4.78 is 0. The average Bonchev–Trinajstić information content (AvgIpc) is 2.50. The summed E-state index contributed by atoms with van der Waals surface area (Å²) in [5, 5.41) is 5.53. The number of hydrogen-bond donors (Lipinski definition) is 1. The molecule has 0 saturated heterocycles. The molecule has 3 aromatic carbocycles. The van der Waals surface area contributed by atoms with Gasteiger partial charge in [0.05, 0.1) is 0 Å². The molecule has 0 atom stereocenters. The van der Waals surface area contributed by atoms with E-state index in [9.17, 15) is 4.79 Å². The fourth-order valence-electron chi connectivity index (χ4n) is 2.34. The second-order valence-electron chi connectivity index (χ2n) is 4.94. The number of hydrogen-bond acceptors (Lipinski definition) is 1.